The summed E-state index contributed by atoms with van der Waals surface area (Å²) >= 11 is 0. The Morgan fingerprint density at radius 2 is 1.48 bits per heavy atom. The van der Waals surface area contributed by atoms with Crippen molar-refractivity contribution in [3.63, 3.8) is 0 Å². The number of aromatic nitrogens is 2. The van der Waals surface area contributed by atoms with Gasteiger partial charge in [0.15, 0.2) is 17.4 Å². The van der Waals surface area contributed by atoms with E-state index in [1.165, 1.54) is 5.56 Å². The van der Waals surface area contributed by atoms with E-state index in [2.05, 4.69) is 11.0 Å². The van der Waals surface area contributed by atoms with Crippen LogP contribution in [0.3, 0.4) is 0 Å². The number of anilines is 2. The molecule has 1 spiro atoms. The maximum absolute atomic E-state index is 6.36. The van der Waals surface area contributed by atoms with E-state index in [1.807, 2.05) is 79.0 Å². The van der Waals surface area contributed by atoms with Crippen LogP contribution in [0.2, 0.25) is 0 Å². The molecule has 8 heteroatoms. The van der Waals surface area contributed by atoms with Crippen LogP contribution >= 0.6 is 0 Å². The monoisotopic (exact) mass is 565 g/mol. The zero-order chi connectivity index (χ0) is 28.2. The van der Waals surface area contributed by atoms with E-state index in [0.717, 1.165) is 54.1 Å². The van der Waals surface area contributed by atoms with E-state index in [0.29, 0.717) is 57.3 Å². The molecule has 2 aliphatic heterocycles. The van der Waals surface area contributed by atoms with Crippen LogP contribution in [-0.4, -0.2) is 42.1 Å². The predicted octanol–water partition coefficient (Wildman–Crippen LogP) is 6.57. The van der Waals surface area contributed by atoms with Gasteiger partial charge in [-0.2, -0.15) is 4.98 Å². The fraction of sp³-hybridized carbons (Fsp3) is 0.353. The first-order valence-electron chi connectivity index (χ1n) is 14.8. The average molecular weight is 566 g/mol. The Morgan fingerprint density at radius 3 is 2.19 bits per heavy atom. The molecule has 7 rings (SSSR count). The molecule has 4 heterocycles. The zero-order valence-electron chi connectivity index (χ0n) is 23.6. The number of rotatable bonds is 8. The molecular formula is C34H35N3O5. The molecule has 216 valence electrons. The van der Waals surface area contributed by atoms with E-state index < -0.39 is 5.79 Å². The van der Waals surface area contributed by atoms with Crippen LogP contribution in [0.25, 0.3) is 0 Å². The molecule has 2 aromatic heterocycles. The highest BCUT2D eigenvalue weighted by atomic mass is 16.7. The van der Waals surface area contributed by atoms with Crippen molar-refractivity contribution in [1.82, 2.24) is 9.97 Å². The molecule has 2 aromatic carbocycles. The van der Waals surface area contributed by atoms with E-state index in [-0.39, 0.29) is 0 Å². The zero-order valence-corrected chi connectivity index (χ0v) is 23.6. The van der Waals surface area contributed by atoms with Crippen molar-refractivity contribution in [2.75, 3.05) is 31.3 Å². The number of fused-ring (bicyclic) bond motifs is 1. The SMILES string of the molecule is c1ccc(COc2ccc(N3CCOc4c(C5CCC6(CC5)OCCO6)ccnc43)c(OCc3ccccc3)n2)cc1. The van der Waals surface area contributed by atoms with Gasteiger partial charge in [0.25, 0.3) is 0 Å². The fourth-order valence-electron chi connectivity index (χ4n) is 6.11. The lowest BCUT2D eigenvalue weighted by molar-refractivity contribution is -0.178. The second-order valence-electron chi connectivity index (χ2n) is 11.0. The summed E-state index contributed by atoms with van der Waals surface area (Å²) in [7, 11) is 0. The van der Waals surface area contributed by atoms with E-state index in [9.17, 15) is 0 Å². The lowest BCUT2D eigenvalue weighted by Gasteiger charge is -2.37. The van der Waals surface area contributed by atoms with Gasteiger partial charge in [-0.1, -0.05) is 60.7 Å². The van der Waals surface area contributed by atoms with Crippen molar-refractivity contribution in [3.05, 3.63) is 102 Å². The molecule has 8 nitrogen and oxygen atoms in total. The predicted molar refractivity (Wildman–Crippen MR) is 158 cm³/mol. The van der Waals surface area contributed by atoms with Gasteiger partial charge in [-0.25, -0.2) is 4.98 Å². The molecule has 0 unspecified atom stereocenters. The summed E-state index contributed by atoms with van der Waals surface area (Å²) in [6, 6.07) is 26.2. The van der Waals surface area contributed by atoms with E-state index in [1.54, 1.807) is 0 Å². The highest BCUT2D eigenvalue weighted by molar-refractivity contribution is 5.72. The first-order chi connectivity index (χ1) is 20.8. The Balaban J connectivity index is 1.16. The molecule has 0 radical (unpaired) electrons. The maximum atomic E-state index is 6.36. The molecule has 0 amide bonds. The first-order valence-corrected chi connectivity index (χ1v) is 14.8. The fourth-order valence-corrected chi connectivity index (χ4v) is 6.11. The average Bonchev–Trinajstić information content (AvgIpc) is 3.51. The second-order valence-corrected chi connectivity index (χ2v) is 11.0. The van der Waals surface area contributed by atoms with E-state index in [4.69, 9.17) is 33.7 Å². The Hall–Kier alpha value is -4.14. The van der Waals surface area contributed by atoms with Crippen molar-refractivity contribution < 1.29 is 23.7 Å². The quantitative estimate of drug-likeness (QED) is 0.238. The molecule has 3 aliphatic rings. The molecule has 0 N–H and O–H groups in total. The molecule has 2 fully saturated rings. The van der Waals surface area contributed by atoms with Crippen LogP contribution in [0, 0.1) is 0 Å². The van der Waals surface area contributed by atoms with Crippen LogP contribution in [0.5, 0.6) is 17.5 Å². The van der Waals surface area contributed by atoms with Gasteiger partial charge in [0.05, 0.1) is 19.8 Å². The van der Waals surface area contributed by atoms with Gasteiger partial charge < -0.3 is 28.6 Å². The normalized spacial score (nSPS) is 18.0. The maximum Gasteiger partial charge on any atom is 0.241 e. The van der Waals surface area contributed by atoms with E-state index >= 15 is 0 Å². The molecule has 4 aromatic rings. The highest BCUT2D eigenvalue weighted by Gasteiger charge is 2.41. The van der Waals surface area contributed by atoms with Gasteiger partial charge in [0.2, 0.25) is 11.8 Å². The first kappa shape index (κ1) is 26.7. The third-order valence-electron chi connectivity index (χ3n) is 8.29. The largest absolute Gasteiger partial charge is 0.488 e. The van der Waals surface area contributed by atoms with Crippen molar-refractivity contribution in [1.29, 1.82) is 0 Å². The van der Waals surface area contributed by atoms with Crippen LogP contribution in [0.4, 0.5) is 11.5 Å². The number of pyridine rings is 2. The third-order valence-corrected chi connectivity index (χ3v) is 8.29. The minimum absolute atomic E-state index is 0.362. The summed E-state index contributed by atoms with van der Waals surface area (Å²) in [6.07, 6.45) is 5.65. The smallest absolute Gasteiger partial charge is 0.241 e. The summed E-state index contributed by atoms with van der Waals surface area (Å²) in [5.41, 5.74) is 4.17. The molecule has 0 atom stereocenters. The molecule has 1 saturated carbocycles. The second kappa shape index (κ2) is 12.0. The van der Waals surface area contributed by atoms with Crippen LogP contribution in [0.1, 0.15) is 48.3 Å². The third kappa shape index (κ3) is 5.65. The Labute approximate surface area is 246 Å². The van der Waals surface area contributed by atoms with Crippen molar-refractivity contribution in [3.8, 4) is 17.5 Å². The van der Waals surface area contributed by atoms with Gasteiger partial charge in [0, 0.05) is 30.7 Å². The van der Waals surface area contributed by atoms with Crippen LogP contribution in [-0.2, 0) is 22.7 Å². The van der Waals surface area contributed by atoms with Gasteiger partial charge in [-0.05, 0) is 42.0 Å². The minimum atomic E-state index is -0.391. The summed E-state index contributed by atoms with van der Waals surface area (Å²) in [4.78, 5) is 11.8. The van der Waals surface area contributed by atoms with Gasteiger partial charge in [0.1, 0.15) is 25.5 Å². The summed E-state index contributed by atoms with van der Waals surface area (Å²) in [6.45, 7) is 3.36. The Kier molecular flexibility index (Phi) is 7.64. The standard InChI is InChI=1S/C34H35N3O5/c1-3-7-25(8-4-1)23-39-30-12-11-29(33(36-30)40-24-26-9-5-2-6-10-26)37-19-20-38-31-28(15-18-35-32(31)37)27-13-16-34(17-14-27)41-21-22-42-34/h1-12,15,18,27H,13-14,16-17,19-24H2. The lowest BCUT2D eigenvalue weighted by atomic mass is 9.80. The van der Waals surface area contributed by atoms with Crippen LogP contribution in [0.15, 0.2) is 85.1 Å². The molecule has 0 bridgehead atoms. The van der Waals surface area contributed by atoms with Gasteiger partial charge in [-0.3, -0.25) is 0 Å². The number of nitrogens with zero attached hydrogens (tertiary/aromatic N) is 3. The molecule has 1 aliphatic carbocycles. The Morgan fingerprint density at radius 1 is 0.786 bits per heavy atom. The number of benzene rings is 2. The van der Waals surface area contributed by atoms with Crippen molar-refractivity contribution in [2.45, 2.75) is 50.6 Å². The molecule has 1 saturated heterocycles. The summed E-state index contributed by atoms with van der Waals surface area (Å²) in [5.74, 6) is 2.61. The van der Waals surface area contributed by atoms with Gasteiger partial charge >= 0.3 is 0 Å². The molecule has 42 heavy (non-hydrogen) atoms. The molecular weight excluding hydrogens is 530 g/mol. The van der Waals surface area contributed by atoms with Crippen LogP contribution < -0.4 is 19.1 Å². The Bertz CT molecular complexity index is 1480. The summed E-state index contributed by atoms with van der Waals surface area (Å²) in [5, 5.41) is 0. The van der Waals surface area contributed by atoms with Crippen molar-refractivity contribution in [2.24, 2.45) is 0 Å². The topological polar surface area (TPSA) is 75.2 Å². The minimum Gasteiger partial charge on any atom is -0.488 e. The summed E-state index contributed by atoms with van der Waals surface area (Å²) < 4.78 is 30.7. The lowest BCUT2D eigenvalue weighted by Crippen LogP contribution is -2.35. The highest BCUT2D eigenvalue weighted by Crippen LogP contribution is 2.48. The number of hydrogen-bond acceptors (Lipinski definition) is 8. The van der Waals surface area contributed by atoms with Gasteiger partial charge in [-0.15, -0.1) is 0 Å². The van der Waals surface area contributed by atoms with Crippen molar-refractivity contribution >= 4 is 11.5 Å². The number of hydrogen-bond donors (Lipinski definition) is 0. The number of ether oxygens (including phenoxy) is 5.